The molecule has 10 aromatic rings. The van der Waals surface area contributed by atoms with Gasteiger partial charge in [-0.3, -0.25) is 0 Å². The van der Waals surface area contributed by atoms with Crippen LogP contribution in [0, 0.1) is 6.92 Å². The third kappa shape index (κ3) is 3.49. The fourth-order valence-corrected chi connectivity index (χ4v) is 10.9. The van der Waals surface area contributed by atoms with Gasteiger partial charge in [0.1, 0.15) is 0 Å². The number of hydrogen-bond donors (Lipinski definition) is 0. The molecule has 0 spiro atoms. The van der Waals surface area contributed by atoms with Crippen LogP contribution >= 0.6 is 22.7 Å². The first-order valence-electron chi connectivity index (χ1n) is 16.3. The number of aryl methyl sites for hydroxylation is 2. The van der Waals surface area contributed by atoms with Crippen LogP contribution in [0.3, 0.4) is 0 Å². The maximum absolute atomic E-state index is 2.49. The van der Waals surface area contributed by atoms with E-state index < -0.39 is 0 Å². The van der Waals surface area contributed by atoms with E-state index in [1.54, 1.807) is 0 Å². The summed E-state index contributed by atoms with van der Waals surface area (Å²) in [5.41, 5.74) is 10.1. The summed E-state index contributed by atoms with van der Waals surface area (Å²) in [5, 5.41) is 9.41. The Hall–Kier alpha value is -5.16. The third-order valence-electron chi connectivity index (χ3n) is 10.2. The van der Waals surface area contributed by atoms with E-state index in [0.29, 0.717) is 0 Å². The van der Waals surface area contributed by atoms with Crippen molar-refractivity contribution in [1.82, 2.24) is 9.13 Å². The van der Waals surface area contributed by atoms with Gasteiger partial charge in [-0.25, -0.2) is 0 Å². The van der Waals surface area contributed by atoms with Gasteiger partial charge in [0.05, 0.1) is 22.1 Å². The van der Waals surface area contributed by atoms with Gasteiger partial charge in [-0.2, -0.15) is 0 Å². The van der Waals surface area contributed by atoms with Crippen LogP contribution in [0.25, 0.3) is 91.3 Å². The lowest BCUT2D eigenvalue weighted by Gasteiger charge is -2.14. The Kier molecular flexibility index (Phi) is 5.22. The summed E-state index contributed by atoms with van der Waals surface area (Å²) >= 11 is 3.91. The average molecular weight is 637 g/mol. The molecule has 0 amide bonds. The van der Waals surface area contributed by atoms with Crippen molar-refractivity contribution in [2.75, 3.05) is 0 Å². The van der Waals surface area contributed by atoms with Crippen LogP contribution in [0.2, 0.25) is 0 Å². The largest absolute Gasteiger partial charge is 0.309 e. The molecular formula is C43H28N2S2. The first-order chi connectivity index (χ1) is 23.2. The Morgan fingerprint density at radius 3 is 1.83 bits per heavy atom. The van der Waals surface area contributed by atoms with Gasteiger partial charge in [0.2, 0.25) is 0 Å². The van der Waals surface area contributed by atoms with Gasteiger partial charge in [0.15, 0.2) is 0 Å². The standard InChI is InChI=1S/C43H28N2S2/c1-25-22-26(44-34-14-6-2-12-32(34)40-36(44)20-18-30-28-10-4-8-16-38(28)46-42(30)40)24-27(23-25)45-35-15-7-3-13-33(35)41-37(45)21-19-31-29-11-5-9-17-39(29)47-43(31)41/h2-8,10-16,18-24H,9,17H2,1H3. The molecule has 0 fully saturated rings. The SMILES string of the molecule is Cc1cc(-n2c3ccccc3c3c4sc5c(c4ccc32)C=CCC5)cc(-n2c3ccccc3c3c4sc5ccccc5c4ccc32)c1. The van der Waals surface area contributed by atoms with Crippen LogP contribution in [-0.4, -0.2) is 9.13 Å². The van der Waals surface area contributed by atoms with Crippen LogP contribution in [-0.2, 0) is 6.42 Å². The minimum atomic E-state index is 1.13. The van der Waals surface area contributed by atoms with Crippen LogP contribution in [0.1, 0.15) is 22.4 Å². The van der Waals surface area contributed by atoms with E-state index in [1.807, 2.05) is 22.7 Å². The molecule has 0 saturated carbocycles. The molecule has 0 atom stereocenters. The highest BCUT2D eigenvalue weighted by atomic mass is 32.1. The Morgan fingerprint density at radius 1 is 0.532 bits per heavy atom. The molecule has 4 heteroatoms. The Labute approximate surface area is 279 Å². The maximum Gasteiger partial charge on any atom is 0.0555 e. The quantitative estimate of drug-likeness (QED) is 0.179. The molecule has 222 valence electrons. The lowest BCUT2D eigenvalue weighted by Crippen LogP contribution is -2.00. The van der Waals surface area contributed by atoms with Crippen molar-refractivity contribution in [2.24, 2.45) is 0 Å². The van der Waals surface area contributed by atoms with Gasteiger partial charge in [-0.05, 0) is 79.4 Å². The number of nitrogens with zero attached hydrogens (tertiary/aromatic N) is 2. The second-order valence-corrected chi connectivity index (χ2v) is 15.0. The Balaban J connectivity index is 1.21. The summed E-state index contributed by atoms with van der Waals surface area (Å²) in [6, 6.07) is 43.2. The molecule has 0 N–H and O–H groups in total. The van der Waals surface area contributed by atoms with Crippen molar-refractivity contribution < 1.29 is 0 Å². The average Bonchev–Trinajstić information content (AvgIpc) is 3.85. The van der Waals surface area contributed by atoms with Gasteiger partial charge in [-0.1, -0.05) is 78.9 Å². The lowest BCUT2D eigenvalue weighted by atomic mass is 10.0. The van der Waals surface area contributed by atoms with E-state index in [0.717, 1.165) is 12.8 Å². The highest BCUT2D eigenvalue weighted by Crippen LogP contribution is 2.46. The number of para-hydroxylation sites is 2. The third-order valence-corrected chi connectivity index (χ3v) is 12.7. The molecule has 2 nitrogen and oxygen atoms in total. The smallest absolute Gasteiger partial charge is 0.0555 e. The van der Waals surface area contributed by atoms with Crippen LogP contribution in [0.5, 0.6) is 0 Å². The Morgan fingerprint density at radius 2 is 1.13 bits per heavy atom. The second-order valence-electron chi connectivity index (χ2n) is 12.9. The molecule has 1 aliphatic rings. The normalized spacial score (nSPS) is 13.4. The number of allylic oxidation sites excluding steroid dienone is 1. The van der Waals surface area contributed by atoms with Crippen molar-refractivity contribution in [1.29, 1.82) is 0 Å². The van der Waals surface area contributed by atoms with E-state index >= 15 is 0 Å². The van der Waals surface area contributed by atoms with Gasteiger partial charge in [-0.15, -0.1) is 22.7 Å². The molecule has 4 heterocycles. The molecule has 0 saturated heterocycles. The van der Waals surface area contributed by atoms with Crippen molar-refractivity contribution >= 4 is 103 Å². The van der Waals surface area contributed by atoms with Gasteiger partial charge < -0.3 is 9.13 Å². The predicted molar refractivity (Wildman–Crippen MR) is 205 cm³/mol. The van der Waals surface area contributed by atoms with Gasteiger partial charge in [0.25, 0.3) is 0 Å². The van der Waals surface area contributed by atoms with Crippen LogP contribution in [0.4, 0.5) is 0 Å². The highest BCUT2D eigenvalue weighted by molar-refractivity contribution is 7.26. The highest BCUT2D eigenvalue weighted by Gasteiger charge is 2.22. The summed E-state index contributed by atoms with van der Waals surface area (Å²) in [6.07, 6.45) is 6.94. The van der Waals surface area contributed by atoms with Crippen molar-refractivity contribution in [3.05, 3.63) is 137 Å². The minimum Gasteiger partial charge on any atom is -0.309 e. The van der Waals surface area contributed by atoms with Crippen molar-refractivity contribution in [2.45, 2.75) is 19.8 Å². The summed E-state index contributed by atoms with van der Waals surface area (Å²) in [4.78, 5) is 1.52. The van der Waals surface area contributed by atoms with Gasteiger partial charge >= 0.3 is 0 Å². The zero-order chi connectivity index (χ0) is 30.8. The Bertz CT molecular complexity index is 2980. The molecule has 11 rings (SSSR count). The van der Waals surface area contributed by atoms with E-state index in [-0.39, 0.29) is 0 Å². The summed E-state index contributed by atoms with van der Waals surface area (Å²) < 4.78 is 9.10. The number of thiophene rings is 2. The lowest BCUT2D eigenvalue weighted by molar-refractivity contribution is 1.02. The molecule has 0 aliphatic heterocycles. The van der Waals surface area contributed by atoms with E-state index in [2.05, 4.69) is 143 Å². The molecule has 0 unspecified atom stereocenters. The topological polar surface area (TPSA) is 9.86 Å². The fourth-order valence-electron chi connectivity index (χ4n) is 8.25. The summed E-state index contributed by atoms with van der Waals surface area (Å²) in [5.74, 6) is 0. The molecule has 4 aromatic heterocycles. The minimum absolute atomic E-state index is 1.13. The maximum atomic E-state index is 2.49. The fraction of sp³-hybridized carbons (Fsp3) is 0.0698. The first-order valence-corrected chi connectivity index (χ1v) is 18.0. The number of fused-ring (bicyclic) bond motifs is 14. The van der Waals surface area contributed by atoms with Crippen molar-refractivity contribution in [3.8, 4) is 11.4 Å². The van der Waals surface area contributed by atoms with E-state index in [1.165, 1.54) is 101 Å². The van der Waals surface area contributed by atoms with Gasteiger partial charge in [0, 0.05) is 68.1 Å². The zero-order valence-electron chi connectivity index (χ0n) is 25.7. The summed E-state index contributed by atoms with van der Waals surface area (Å²) in [7, 11) is 0. The molecule has 0 radical (unpaired) electrons. The molecule has 47 heavy (non-hydrogen) atoms. The molecular weight excluding hydrogens is 609 g/mol. The molecule has 6 aromatic carbocycles. The first kappa shape index (κ1) is 26.0. The summed E-state index contributed by atoms with van der Waals surface area (Å²) in [6.45, 7) is 2.23. The van der Waals surface area contributed by atoms with Crippen LogP contribution < -0.4 is 0 Å². The monoisotopic (exact) mass is 636 g/mol. The van der Waals surface area contributed by atoms with Crippen molar-refractivity contribution in [3.63, 3.8) is 0 Å². The number of hydrogen-bond acceptors (Lipinski definition) is 2. The zero-order valence-corrected chi connectivity index (χ0v) is 27.4. The molecule has 0 bridgehead atoms. The molecule has 1 aliphatic carbocycles. The predicted octanol–water partition coefficient (Wildman–Crippen LogP) is 12.7. The number of rotatable bonds is 2. The number of benzene rings is 6. The second kappa shape index (κ2) is 9.45. The van der Waals surface area contributed by atoms with E-state index in [4.69, 9.17) is 0 Å². The number of aromatic nitrogens is 2. The van der Waals surface area contributed by atoms with Crippen LogP contribution in [0.15, 0.2) is 121 Å². The van der Waals surface area contributed by atoms with E-state index in [9.17, 15) is 0 Å².